The molecule has 53 heavy (non-hydrogen) atoms. The van der Waals surface area contributed by atoms with Crippen LogP contribution >= 0.6 is 0 Å². The molecule has 2 aromatic heterocycles. The first-order valence-electron chi connectivity index (χ1n) is 17.8. The maximum Gasteiger partial charge on any atom is 0.164 e. The van der Waals surface area contributed by atoms with E-state index in [9.17, 15) is 0 Å². The smallest absolute Gasteiger partial charge is 0.164 e. The molecule has 10 rings (SSSR count). The van der Waals surface area contributed by atoms with Crippen molar-refractivity contribution >= 4 is 32.7 Å². The van der Waals surface area contributed by atoms with Crippen molar-refractivity contribution in [1.82, 2.24) is 15.0 Å². The average Bonchev–Trinajstić information content (AvgIpc) is 3.63. The van der Waals surface area contributed by atoms with Gasteiger partial charge in [-0.1, -0.05) is 176 Å². The van der Waals surface area contributed by atoms with E-state index in [-0.39, 0.29) is 0 Å². The zero-order chi connectivity index (χ0) is 35.1. The fourth-order valence-corrected chi connectivity index (χ4v) is 7.33. The molecule has 2 heterocycles. The molecule has 0 atom stereocenters. The summed E-state index contributed by atoms with van der Waals surface area (Å²) in [5.41, 5.74) is 11.3. The number of rotatable bonds is 6. The summed E-state index contributed by atoms with van der Waals surface area (Å²) in [5.74, 6) is 1.83. The maximum atomic E-state index is 6.71. The summed E-state index contributed by atoms with van der Waals surface area (Å²) >= 11 is 0. The van der Waals surface area contributed by atoms with E-state index in [1.807, 2.05) is 54.6 Å². The molecule has 0 amide bonds. The van der Waals surface area contributed by atoms with Gasteiger partial charge in [0.2, 0.25) is 0 Å². The Morgan fingerprint density at radius 3 is 1.36 bits per heavy atom. The van der Waals surface area contributed by atoms with E-state index < -0.39 is 0 Å². The first-order chi connectivity index (χ1) is 26.3. The van der Waals surface area contributed by atoms with Crippen LogP contribution in [0.2, 0.25) is 0 Å². The predicted molar refractivity (Wildman–Crippen MR) is 217 cm³/mol. The van der Waals surface area contributed by atoms with Crippen LogP contribution in [0.5, 0.6) is 0 Å². The lowest BCUT2D eigenvalue weighted by molar-refractivity contribution is 0.673. The molecule has 0 radical (unpaired) electrons. The molecule has 0 unspecified atom stereocenters. The number of hydrogen-bond donors (Lipinski definition) is 0. The second-order valence-corrected chi connectivity index (χ2v) is 13.2. The van der Waals surface area contributed by atoms with Crippen LogP contribution < -0.4 is 0 Å². The van der Waals surface area contributed by atoms with Crippen LogP contribution in [0.15, 0.2) is 192 Å². The number of furan rings is 1. The Balaban J connectivity index is 1.17. The number of aromatic nitrogens is 3. The Hall–Kier alpha value is -7.17. The summed E-state index contributed by atoms with van der Waals surface area (Å²) in [6.45, 7) is 0. The van der Waals surface area contributed by atoms with Crippen LogP contribution in [0.1, 0.15) is 0 Å². The van der Waals surface area contributed by atoms with E-state index in [2.05, 4.69) is 133 Å². The van der Waals surface area contributed by atoms with Crippen LogP contribution in [0, 0.1) is 0 Å². The topological polar surface area (TPSA) is 51.8 Å². The van der Waals surface area contributed by atoms with E-state index in [0.717, 1.165) is 71.7 Å². The van der Waals surface area contributed by atoms with Gasteiger partial charge in [0.15, 0.2) is 17.5 Å². The van der Waals surface area contributed by atoms with Gasteiger partial charge >= 0.3 is 0 Å². The highest BCUT2D eigenvalue weighted by molar-refractivity contribution is 6.22. The molecule has 0 N–H and O–H groups in total. The molecular formula is C49H31N3O. The quantitative estimate of drug-likeness (QED) is 0.176. The second kappa shape index (κ2) is 12.9. The van der Waals surface area contributed by atoms with Crippen LogP contribution in [-0.4, -0.2) is 15.0 Å². The molecule has 4 heteroatoms. The Kier molecular flexibility index (Phi) is 7.43. The molecule has 248 valence electrons. The first kappa shape index (κ1) is 30.6. The third-order valence-electron chi connectivity index (χ3n) is 9.96. The highest BCUT2D eigenvalue weighted by atomic mass is 16.3. The van der Waals surface area contributed by atoms with Gasteiger partial charge in [-0.3, -0.25) is 0 Å². The lowest BCUT2D eigenvalue weighted by Gasteiger charge is -2.11. The van der Waals surface area contributed by atoms with Gasteiger partial charge in [0.05, 0.1) is 0 Å². The summed E-state index contributed by atoms with van der Waals surface area (Å²) in [4.78, 5) is 15.3. The monoisotopic (exact) mass is 677 g/mol. The Labute approximate surface area is 306 Å². The zero-order valence-corrected chi connectivity index (χ0v) is 28.6. The highest BCUT2D eigenvalue weighted by Gasteiger charge is 2.20. The first-order valence-corrected chi connectivity index (χ1v) is 17.8. The molecule has 0 spiro atoms. The molecule has 0 fully saturated rings. The molecule has 0 saturated carbocycles. The molecule has 0 bridgehead atoms. The molecule has 10 aromatic rings. The van der Waals surface area contributed by atoms with Crippen LogP contribution in [0.3, 0.4) is 0 Å². The van der Waals surface area contributed by atoms with Gasteiger partial charge < -0.3 is 4.42 Å². The number of hydrogen-bond acceptors (Lipinski definition) is 4. The predicted octanol–water partition coefficient (Wildman–Crippen LogP) is 12.9. The molecule has 4 nitrogen and oxygen atoms in total. The highest BCUT2D eigenvalue weighted by Crippen LogP contribution is 2.43. The molecule has 8 aromatic carbocycles. The fraction of sp³-hybridized carbons (Fsp3) is 0. The van der Waals surface area contributed by atoms with Gasteiger partial charge in [0.1, 0.15) is 11.2 Å². The minimum atomic E-state index is 0.594. The third kappa shape index (κ3) is 5.54. The Bertz CT molecular complexity index is 2900. The fourth-order valence-electron chi connectivity index (χ4n) is 7.33. The molecule has 0 aliphatic heterocycles. The third-order valence-corrected chi connectivity index (χ3v) is 9.96. The van der Waals surface area contributed by atoms with Crippen LogP contribution in [-0.2, 0) is 0 Å². The van der Waals surface area contributed by atoms with Crippen molar-refractivity contribution in [2.75, 3.05) is 0 Å². The lowest BCUT2D eigenvalue weighted by Crippen LogP contribution is -2.00. The Morgan fingerprint density at radius 2 is 0.755 bits per heavy atom. The number of nitrogens with zero attached hydrogens (tertiary/aromatic N) is 3. The molecule has 0 aliphatic carbocycles. The van der Waals surface area contributed by atoms with Crippen molar-refractivity contribution in [1.29, 1.82) is 0 Å². The average molecular weight is 678 g/mol. The van der Waals surface area contributed by atoms with Crippen molar-refractivity contribution in [3.8, 4) is 67.5 Å². The summed E-state index contributed by atoms with van der Waals surface area (Å²) in [6, 6.07) is 65.1. The number of benzene rings is 8. The van der Waals surface area contributed by atoms with E-state index >= 15 is 0 Å². The summed E-state index contributed by atoms with van der Waals surface area (Å²) in [5, 5.41) is 4.20. The van der Waals surface area contributed by atoms with Crippen molar-refractivity contribution in [3.63, 3.8) is 0 Å². The van der Waals surface area contributed by atoms with Crippen molar-refractivity contribution < 1.29 is 4.42 Å². The van der Waals surface area contributed by atoms with E-state index in [0.29, 0.717) is 17.5 Å². The minimum absolute atomic E-state index is 0.594. The number of fused-ring (bicyclic) bond motifs is 5. The maximum absolute atomic E-state index is 6.71. The van der Waals surface area contributed by atoms with Crippen LogP contribution in [0.4, 0.5) is 0 Å². The normalized spacial score (nSPS) is 11.4. The van der Waals surface area contributed by atoms with Crippen molar-refractivity contribution in [3.05, 3.63) is 188 Å². The summed E-state index contributed by atoms with van der Waals surface area (Å²) < 4.78 is 6.71. The molecule has 0 saturated heterocycles. The van der Waals surface area contributed by atoms with E-state index in [4.69, 9.17) is 19.4 Å². The van der Waals surface area contributed by atoms with Gasteiger partial charge in [-0.15, -0.1) is 0 Å². The molecular weight excluding hydrogens is 647 g/mol. The van der Waals surface area contributed by atoms with Gasteiger partial charge in [0, 0.05) is 32.8 Å². The SMILES string of the molecule is c1ccc(-c2ccc(-c3nc(-c4ccccc4)nc(-c4cccc5oc6c7ccccc7c(-c7ccc(-c8ccccc8)cc7)cc6c45)n3)cc2)cc1. The van der Waals surface area contributed by atoms with Crippen molar-refractivity contribution in [2.45, 2.75) is 0 Å². The van der Waals surface area contributed by atoms with E-state index in [1.165, 1.54) is 11.1 Å². The summed E-state index contributed by atoms with van der Waals surface area (Å²) in [7, 11) is 0. The van der Waals surface area contributed by atoms with E-state index in [1.54, 1.807) is 0 Å². The second-order valence-electron chi connectivity index (χ2n) is 13.2. The lowest BCUT2D eigenvalue weighted by atomic mass is 9.93. The summed E-state index contributed by atoms with van der Waals surface area (Å²) in [6.07, 6.45) is 0. The van der Waals surface area contributed by atoms with Gasteiger partial charge in [-0.05, 0) is 50.9 Å². The minimum Gasteiger partial charge on any atom is -0.455 e. The largest absolute Gasteiger partial charge is 0.455 e. The van der Waals surface area contributed by atoms with Crippen LogP contribution in [0.25, 0.3) is 100 Å². The van der Waals surface area contributed by atoms with Gasteiger partial charge in [-0.25, -0.2) is 15.0 Å². The van der Waals surface area contributed by atoms with Gasteiger partial charge in [-0.2, -0.15) is 0 Å². The zero-order valence-electron chi connectivity index (χ0n) is 28.6. The van der Waals surface area contributed by atoms with Gasteiger partial charge in [0.25, 0.3) is 0 Å². The standard InChI is InChI=1S/C49H31N3O/c1-4-13-32(14-5-1)34-23-27-36(28-24-34)42-31-43-45-41(21-12-22-44(45)53-46(43)40-20-11-10-19-39(40)42)49-51-47(37-17-8-3-9-18-37)50-48(52-49)38-29-25-35(26-30-38)33-15-6-2-7-16-33/h1-31H. The Morgan fingerprint density at radius 1 is 0.302 bits per heavy atom. The molecule has 0 aliphatic rings. The van der Waals surface area contributed by atoms with Crippen molar-refractivity contribution in [2.24, 2.45) is 0 Å².